The maximum Gasteiger partial charge on any atom is 0.234 e. The van der Waals surface area contributed by atoms with Crippen LogP contribution in [0.3, 0.4) is 0 Å². The molecule has 0 unspecified atom stereocenters. The topological polar surface area (TPSA) is 79.8 Å². The molecular weight excluding hydrogens is 290 g/mol. The Morgan fingerprint density at radius 2 is 2.19 bits per heavy atom. The molecule has 0 radical (unpaired) electrons. The zero-order valence-electron chi connectivity index (χ0n) is 11.9. The number of ether oxygens (including phenoxy) is 1. The number of carbonyl (C=O) groups excluding carboxylic acids is 2. The highest BCUT2D eigenvalue weighted by atomic mass is 32.2. The van der Waals surface area contributed by atoms with Gasteiger partial charge < -0.3 is 15.4 Å². The Morgan fingerprint density at radius 3 is 2.81 bits per heavy atom. The lowest BCUT2D eigenvalue weighted by atomic mass is 10.2. The smallest absolute Gasteiger partial charge is 0.234 e. The molecule has 1 atom stereocenters. The van der Waals surface area contributed by atoms with Crippen LogP contribution < -0.4 is 15.4 Å². The average molecular weight is 307 g/mol. The fourth-order valence-electron chi connectivity index (χ4n) is 1.80. The van der Waals surface area contributed by atoms with Gasteiger partial charge in [-0.1, -0.05) is 11.8 Å². The molecule has 0 bridgehead atoms. The fourth-order valence-corrected chi connectivity index (χ4v) is 2.58. The molecule has 7 heteroatoms. The second kappa shape index (κ2) is 7.12. The van der Waals surface area contributed by atoms with E-state index in [-0.39, 0.29) is 23.6 Å². The number of carbonyl (C=O) groups is 2. The molecule has 0 spiro atoms. The van der Waals surface area contributed by atoms with Crippen LogP contribution in [-0.4, -0.2) is 35.9 Å². The minimum atomic E-state index is -0.152. The number of rotatable bonds is 4. The van der Waals surface area contributed by atoms with Gasteiger partial charge in [0.15, 0.2) is 5.17 Å². The van der Waals surface area contributed by atoms with Gasteiger partial charge in [-0.2, -0.15) is 0 Å². The normalized spacial score (nSPS) is 17.7. The van der Waals surface area contributed by atoms with Crippen LogP contribution in [0.2, 0.25) is 0 Å². The molecule has 0 aromatic heterocycles. The van der Waals surface area contributed by atoms with E-state index in [1.54, 1.807) is 31.4 Å². The van der Waals surface area contributed by atoms with Gasteiger partial charge in [0, 0.05) is 12.1 Å². The summed E-state index contributed by atoms with van der Waals surface area (Å²) < 4.78 is 5.05. The Morgan fingerprint density at radius 1 is 1.48 bits per heavy atom. The molecule has 1 aliphatic heterocycles. The average Bonchev–Trinajstić information content (AvgIpc) is 2.45. The maximum absolute atomic E-state index is 11.8. The van der Waals surface area contributed by atoms with Crippen LogP contribution in [0.15, 0.2) is 29.3 Å². The van der Waals surface area contributed by atoms with Gasteiger partial charge in [-0.15, -0.1) is 0 Å². The van der Waals surface area contributed by atoms with E-state index in [0.29, 0.717) is 17.3 Å². The lowest BCUT2D eigenvalue weighted by Crippen LogP contribution is -2.36. The maximum atomic E-state index is 11.8. The molecular formula is C14H17N3O3S. The molecule has 0 saturated carbocycles. The first-order chi connectivity index (χ1) is 10.1. The molecule has 1 aromatic rings. The van der Waals surface area contributed by atoms with E-state index in [1.165, 1.54) is 11.8 Å². The van der Waals surface area contributed by atoms with Crippen molar-refractivity contribution >= 4 is 34.4 Å². The molecule has 6 nitrogen and oxygen atoms in total. The Hall–Kier alpha value is -2.02. The van der Waals surface area contributed by atoms with Crippen LogP contribution in [-0.2, 0) is 9.59 Å². The number of amidine groups is 1. The van der Waals surface area contributed by atoms with Crippen molar-refractivity contribution in [2.45, 2.75) is 19.4 Å². The first kappa shape index (κ1) is 15.4. The third-order valence-corrected chi connectivity index (χ3v) is 3.67. The van der Waals surface area contributed by atoms with Gasteiger partial charge in [0.2, 0.25) is 11.8 Å². The lowest BCUT2D eigenvalue weighted by molar-refractivity contribution is -0.120. The predicted octanol–water partition coefficient (Wildman–Crippen LogP) is 1.63. The minimum absolute atomic E-state index is 0.0362. The fraction of sp³-hybridized carbons (Fsp3) is 0.357. The quantitative estimate of drug-likeness (QED) is 0.886. The van der Waals surface area contributed by atoms with E-state index in [1.807, 2.05) is 6.92 Å². The van der Waals surface area contributed by atoms with Crippen molar-refractivity contribution in [1.29, 1.82) is 0 Å². The number of amides is 2. The SMILES string of the molecule is COc1ccc(NC(=O)CSC2=N[C@@H](C)CC(=O)N2)cc1. The number of nitrogens with zero attached hydrogens (tertiary/aromatic N) is 1. The van der Waals surface area contributed by atoms with E-state index in [4.69, 9.17) is 4.74 Å². The van der Waals surface area contributed by atoms with Gasteiger partial charge in [-0.3, -0.25) is 14.6 Å². The number of methoxy groups -OCH3 is 1. The van der Waals surface area contributed by atoms with E-state index in [9.17, 15) is 9.59 Å². The zero-order chi connectivity index (χ0) is 15.2. The minimum Gasteiger partial charge on any atom is -0.497 e. The van der Waals surface area contributed by atoms with Crippen molar-refractivity contribution in [2.24, 2.45) is 4.99 Å². The lowest BCUT2D eigenvalue weighted by Gasteiger charge is -2.17. The Labute approximate surface area is 127 Å². The molecule has 0 aliphatic carbocycles. The largest absolute Gasteiger partial charge is 0.497 e. The van der Waals surface area contributed by atoms with Gasteiger partial charge in [0.25, 0.3) is 0 Å². The van der Waals surface area contributed by atoms with Crippen molar-refractivity contribution in [3.8, 4) is 5.75 Å². The van der Waals surface area contributed by atoms with Crippen molar-refractivity contribution in [3.63, 3.8) is 0 Å². The van der Waals surface area contributed by atoms with Gasteiger partial charge >= 0.3 is 0 Å². The number of anilines is 1. The van der Waals surface area contributed by atoms with Crippen LogP contribution in [0, 0.1) is 0 Å². The highest BCUT2D eigenvalue weighted by molar-refractivity contribution is 8.14. The summed E-state index contributed by atoms with van der Waals surface area (Å²) in [6.45, 7) is 1.87. The van der Waals surface area contributed by atoms with Gasteiger partial charge in [-0.05, 0) is 31.2 Å². The first-order valence-electron chi connectivity index (χ1n) is 6.51. The highest BCUT2D eigenvalue weighted by Crippen LogP contribution is 2.16. The van der Waals surface area contributed by atoms with E-state index >= 15 is 0 Å². The highest BCUT2D eigenvalue weighted by Gasteiger charge is 2.18. The Bertz CT molecular complexity index is 557. The molecule has 2 amide bonds. The Kier molecular flexibility index (Phi) is 5.21. The molecule has 1 aliphatic rings. The summed E-state index contributed by atoms with van der Waals surface area (Å²) in [6.07, 6.45) is 0.391. The molecule has 21 heavy (non-hydrogen) atoms. The third-order valence-electron chi connectivity index (χ3n) is 2.78. The summed E-state index contributed by atoms with van der Waals surface area (Å²) in [7, 11) is 1.59. The van der Waals surface area contributed by atoms with Crippen molar-refractivity contribution in [1.82, 2.24) is 5.32 Å². The molecule has 0 fully saturated rings. The summed E-state index contributed by atoms with van der Waals surface area (Å²) in [5, 5.41) is 5.93. The number of nitrogens with one attached hydrogen (secondary N) is 2. The second-order valence-electron chi connectivity index (χ2n) is 4.60. The summed E-state index contributed by atoms with van der Waals surface area (Å²) in [4.78, 5) is 27.5. The van der Waals surface area contributed by atoms with Gasteiger partial charge in [0.05, 0.1) is 18.9 Å². The van der Waals surface area contributed by atoms with Crippen molar-refractivity contribution in [2.75, 3.05) is 18.2 Å². The number of thioether (sulfide) groups is 1. The number of aliphatic imine (C=N–C) groups is 1. The van der Waals surface area contributed by atoms with Crippen molar-refractivity contribution in [3.05, 3.63) is 24.3 Å². The zero-order valence-corrected chi connectivity index (χ0v) is 12.7. The van der Waals surface area contributed by atoms with Gasteiger partial charge in [-0.25, -0.2) is 0 Å². The van der Waals surface area contributed by atoms with Crippen LogP contribution >= 0.6 is 11.8 Å². The van der Waals surface area contributed by atoms with E-state index < -0.39 is 0 Å². The Balaban J connectivity index is 1.83. The van der Waals surface area contributed by atoms with Crippen LogP contribution in [0.1, 0.15) is 13.3 Å². The number of hydrogen-bond donors (Lipinski definition) is 2. The first-order valence-corrected chi connectivity index (χ1v) is 7.49. The summed E-state index contributed by atoms with van der Waals surface area (Å²) in [5.41, 5.74) is 0.699. The molecule has 1 heterocycles. The van der Waals surface area contributed by atoms with Gasteiger partial charge in [0.1, 0.15) is 5.75 Å². The molecule has 1 aromatic carbocycles. The van der Waals surface area contributed by atoms with Crippen LogP contribution in [0.5, 0.6) is 5.75 Å². The van der Waals surface area contributed by atoms with E-state index in [0.717, 1.165) is 5.75 Å². The predicted molar refractivity (Wildman–Crippen MR) is 83.7 cm³/mol. The third kappa shape index (κ3) is 4.78. The van der Waals surface area contributed by atoms with Crippen LogP contribution in [0.4, 0.5) is 5.69 Å². The summed E-state index contributed by atoms with van der Waals surface area (Å²) in [6, 6.07) is 7.05. The second-order valence-corrected chi connectivity index (χ2v) is 5.56. The monoisotopic (exact) mass is 307 g/mol. The summed E-state index contributed by atoms with van der Waals surface area (Å²) in [5.74, 6) is 0.712. The molecule has 0 saturated heterocycles. The van der Waals surface area contributed by atoms with Crippen molar-refractivity contribution < 1.29 is 14.3 Å². The molecule has 2 rings (SSSR count). The molecule has 112 valence electrons. The standard InChI is InChI=1S/C14H17N3O3S/c1-9-7-12(18)17-14(15-9)21-8-13(19)16-10-3-5-11(20-2)6-4-10/h3-6,9H,7-8H2,1-2H3,(H,16,19)(H,15,17,18)/t9-/m0/s1. The molecule has 2 N–H and O–H groups in total. The summed E-state index contributed by atoms with van der Waals surface area (Å²) >= 11 is 1.22. The number of benzene rings is 1. The van der Waals surface area contributed by atoms with E-state index in [2.05, 4.69) is 15.6 Å². The van der Waals surface area contributed by atoms with Crippen LogP contribution in [0.25, 0.3) is 0 Å². The number of hydrogen-bond acceptors (Lipinski definition) is 5.